The molecule has 19 heavy (non-hydrogen) atoms. The quantitative estimate of drug-likeness (QED) is 0.905. The van der Waals surface area contributed by atoms with Crippen LogP contribution >= 0.6 is 11.6 Å². The van der Waals surface area contributed by atoms with E-state index in [-0.39, 0.29) is 6.03 Å². The summed E-state index contributed by atoms with van der Waals surface area (Å²) in [7, 11) is 0. The van der Waals surface area contributed by atoms with E-state index in [0.29, 0.717) is 12.6 Å². The van der Waals surface area contributed by atoms with Gasteiger partial charge in [0.25, 0.3) is 0 Å². The molecule has 3 nitrogen and oxygen atoms in total. The lowest BCUT2D eigenvalue weighted by Crippen LogP contribution is -2.44. The van der Waals surface area contributed by atoms with Crippen LogP contribution in [0.3, 0.4) is 0 Å². The average Bonchev–Trinajstić information content (AvgIpc) is 3.17. The largest absolute Gasteiger partial charge is 0.338 e. The number of piperidine rings is 1. The second kappa shape index (κ2) is 5.41. The van der Waals surface area contributed by atoms with Gasteiger partial charge in [-0.2, -0.15) is 0 Å². The summed E-state index contributed by atoms with van der Waals surface area (Å²) in [5.41, 5.74) is 1.16. The number of hydrogen-bond donors (Lipinski definition) is 1. The Kier molecular flexibility index (Phi) is 3.65. The molecule has 2 unspecified atom stereocenters. The van der Waals surface area contributed by atoms with Crippen LogP contribution in [0, 0.1) is 5.92 Å². The molecule has 1 aromatic carbocycles. The molecule has 2 fully saturated rings. The van der Waals surface area contributed by atoms with Gasteiger partial charge in [0.15, 0.2) is 0 Å². The van der Waals surface area contributed by atoms with Crippen molar-refractivity contribution >= 4 is 17.6 Å². The Morgan fingerprint density at radius 3 is 3.21 bits per heavy atom. The highest BCUT2D eigenvalue weighted by Gasteiger charge is 2.45. The molecule has 1 saturated carbocycles. The van der Waals surface area contributed by atoms with E-state index in [0.717, 1.165) is 35.9 Å². The van der Waals surface area contributed by atoms with E-state index < -0.39 is 0 Å². The number of urea groups is 1. The van der Waals surface area contributed by atoms with Crippen molar-refractivity contribution in [3.8, 4) is 0 Å². The fourth-order valence-electron chi connectivity index (χ4n) is 2.97. The van der Waals surface area contributed by atoms with E-state index in [1.54, 1.807) is 0 Å². The molecule has 2 atom stereocenters. The predicted octanol–water partition coefficient (Wildman–Crippen LogP) is 3.08. The number of rotatable bonds is 3. The van der Waals surface area contributed by atoms with E-state index in [2.05, 4.69) is 5.32 Å². The van der Waals surface area contributed by atoms with E-state index >= 15 is 0 Å². The van der Waals surface area contributed by atoms with Crippen LogP contribution in [0.2, 0.25) is 5.02 Å². The third-order valence-electron chi connectivity index (χ3n) is 4.10. The summed E-state index contributed by atoms with van der Waals surface area (Å²) >= 11 is 5.94. The minimum absolute atomic E-state index is 0.106. The maximum atomic E-state index is 12.1. The molecule has 1 aromatic rings. The summed E-state index contributed by atoms with van der Waals surface area (Å²) in [6.07, 6.45) is 4.50. The second-order valence-electron chi connectivity index (χ2n) is 5.51. The summed E-state index contributed by atoms with van der Waals surface area (Å²) < 4.78 is 0. The maximum absolute atomic E-state index is 12.1. The average molecular weight is 279 g/mol. The Bertz CT molecular complexity index is 477. The SMILES string of the molecule is O=C(NCCc1cccc(Cl)c1)N1CCCC2CC21. The molecule has 4 heteroatoms. The van der Waals surface area contributed by atoms with Crippen LogP contribution in [0.4, 0.5) is 4.79 Å². The van der Waals surface area contributed by atoms with Crippen LogP contribution in [0.15, 0.2) is 24.3 Å². The van der Waals surface area contributed by atoms with Crippen LogP contribution in [-0.2, 0) is 6.42 Å². The molecule has 1 aliphatic heterocycles. The van der Waals surface area contributed by atoms with Crippen molar-refractivity contribution in [1.82, 2.24) is 10.2 Å². The molecular weight excluding hydrogens is 260 g/mol. The topological polar surface area (TPSA) is 32.3 Å². The molecular formula is C15H19ClN2O. The lowest BCUT2D eigenvalue weighted by Gasteiger charge is -2.26. The summed E-state index contributed by atoms with van der Waals surface area (Å²) in [6.45, 7) is 1.59. The number of nitrogens with zero attached hydrogens (tertiary/aromatic N) is 1. The number of amides is 2. The maximum Gasteiger partial charge on any atom is 0.317 e. The molecule has 0 spiro atoms. The van der Waals surface area contributed by atoms with Gasteiger partial charge in [-0.25, -0.2) is 4.79 Å². The van der Waals surface area contributed by atoms with E-state index in [9.17, 15) is 4.79 Å². The van der Waals surface area contributed by atoms with Gasteiger partial charge < -0.3 is 10.2 Å². The van der Waals surface area contributed by atoms with E-state index in [1.807, 2.05) is 29.2 Å². The van der Waals surface area contributed by atoms with Crippen LogP contribution in [0.1, 0.15) is 24.8 Å². The number of nitrogens with one attached hydrogen (secondary N) is 1. The third kappa shape index (κ3) is 3.03. The van der Waals surface area contributed by atoms with Crippen molar-refractivity contribution in [2.24, 2.45) is 5.92 Å². The van der Waals surface area contributed by atoms with Gasteiger partial charge in [0.1, 0.15) is 0 Å². The van der Waals surface area contributed by atoms with Gasteiger partial charge in [-0.3, -0.25) is 0 Å². The number of fused-ring (bicyclic) bond motifs is 1. The lowest BCUT2D eigenvalue weighted by atomic mass is 10.1. The highest BCUT2D eigenvalue weighted by atomic mass is 35.5. The summed E-state index contributed by atoms with van der Waals surface area (Å²) in [5.74, 6) is 0.785. The monoisotopic (exact) mass is 278 g/mol. The molecule has 0 radical (unpaired) electrons. The molecule has 1 saturated heterocycles. The first-order valence-electron chi connectivity index (χ1n) is 7.03. The fraction of sp³-hybridized carbons (Fsp3) is 0.533. The van der Waals surface area contributed by atoms with Crippen molar-refractivity contribution in [1.29, 1.82) is 0 Å². The van der Waals surface area contributed by atoms with Gasteiger partial charge in [-0.1, -0.05) is 23.7 Å². The molecule has 1 heterocycles. The Balaban J connectivity index is 1.46. The number of likely N-dealkylation sites (tertiary alicyclic amines) is 1. The van der Waals surface area contributed by atoms with Gasteiger partial charge in [0.2, 0.25) is 0 Å². The van der Waals surface area contributed by atoms with Crippen LogP contribution in [0.25, 0.3) is 0 Å². The first-order chi connectivity index (χ1) is 9.24. The minimum atomic E-state index is 0.106. The number of benzene rings is 1. The molecule has 1 N–H and O–H groups in total. The van der Waals surface area contributed by atoms with Crippen LogP contribution in [-0.4, -0.2) is 30.1 Å². The number of carbonyl (C=O) groups is 1. The molecule has 2 aliphatic rings. The Morgan fingerprint density at radius 2 is 2.37 bits per heavy atom. The van der Waals surface area contributed by atoms with Gasteiger partial charge in [-0.05, 0) is 49.3 Å². The van der Waals surface area contributed by atoms with Gasteiger partial charge in [0, 0.05) is 24.2 Å². The number of hydrogen-bond acceptors (Lipinski definition) is 1. The molecule has 3 rings (SSSR count). The molecule has 0 bridgehead atoms. The molecule has 1 aliphatic carbocycles. The third-order valence-corrected chi connectivity index (χ3v) is 4.33. The predicted molar refractivity (Wildman–Crippen MR) is 76.4 cm³/mol. The van der Waals surface area contributed by atoms with E-state index in [1.165, 1.54) is 12.8 Å². The first-order valence-corrected chi connectivity index (χ1v) is 7.41. The molecule has 102 valence electrons. The minimum Gasteiger partial charge on any atom is -0.338 e. The smallest absolute Gasteiger partial charge is 0.317 e. The van der Waals surface area contributed by atoms with Crippen molar-refractivity contribution in [2.45, 2.75) is 31.7 Å². The van der Waals surface area contributed by atoms with Crippen molar-refractivity contribution < 1.29 is 4.79 Å². The standard InChI is InChI=1S/C15H19ClN2O/c16-13-5-1-3-11(9-13)6-7-17-15(19)18-8-2-4-12-10-14(12)18/h1,3,5,9,12,14H,2,4,6-8,10H2,(H,17,19). The highest BCUT2D eigenvalue weighted by Crippen LogP contribution is 2.42. The van der Waals surface area contributed by atoms with Crippen molar-refractivity contribution in [2.75, 3.05) is 13.1 Å². The Hall–Kier alpha value is -1.22. The fourth-order valence-corrected chi connectivity index (χ4v) is 3.19. The van der Waals surface area contributed by atoms with Gasteiger partial charge >= 0.3 is 6.03 Å². The zero-order chi connectivity index (χ0) is 13.2. The second-order valence-corrected chi connectivity index (χ2v) is 5.95. The zero-order valence-corrected chi connectivity index (χ0v) is 11.7. The van der Waals surface area contributed by atoms with Crippen molar-refractivity contribution in [3.05, 3.63) is 34.9 Å². The normalized spacial score (nSPS) is 24.8. The molecule has 0 aromatic heterocycles. The van der Waals surface area contributed by atoms with Crippen LogP contribution < -0.4 is 5.32 Å². The van der Waals surface area contributed by atoms with Crippen molar-refractivity contribution in [3.63, 3.8) is 0 Å². The Morgan fingerprint density at radius 1 is 1.47 bits per heavy atom. The summed E-state index contributed by atoms with van der Waals surface area (Å²) in [4.78, 5) is 14.1. The highest BCUT2D eigenvalue weighted by molar-refractivity contribution is 6.30. The number of carbonyl (C=O) groups excluding carboxylic acids is 1. The van der Waals surface area contributed by atoms with E-state index in [4.69, 9.17) is 11.6 Å². The summed E-state index contributed by atoms with van der Waals surface area (Å²) in [6, 6.07) is 8.43. The lowest BCUT2D eigenvalue weighted by molar-refractivity contribution is 0.182. The van der Waals surface area contributed by atoms with Gasteiger partial charge in [0.05, 0.1) is 0 Å². The van der Waals surface area contributed by atoms with Crippen LogP contribution in [0.5, 0.6) is 0 Å². The molecule has 2 amide bonds. The summed E-state index contributed by atoms with van der Waals surface area (Å²) in [5, 5.41) is 3.77. The Labute approximate surface area is 118 Å². The first kappa shape index (κ1) is 12.8. The zero-order valence-electron chi connectivity index (χ0n) is 10.9. The number of halogens is 1. The van der Waals surface area contributed by atoms with Gasteiger partial charge in [-0.15, -0.1) is 0 Å².